The standard InChI is InChI=1S/C21H20N2O/c1-14(2)13-24-17-9-3-8-16(12-17)21-22-18-10-4-6-15-7-5-11-19(23-21)20(15)18/h3-12,14H,13H2,1-2H3,(H,22,23). The van der Waals surface area contributed by atoms with Gasteiger partial charge in [0, 0.05) is 16.6 Å². The Morgan fingerprint density at radius 2 is 1.79 bits per heavy atom. The molecule has 1 aliphatic heterocycles. The van der Waals surface area contributed by atoms with Gasteiger partial charge in [-0.25, -0.2) is 4.99 Å². The van der Waals surface area contributed by atoms with Gasteiger partial charge in [-0.2, -0.15) is 0 Å². The molecule has 1 N–H and O–H groups in total. The second-order valence-corrected chi connectivity index (χ2v) is 6.50. The lowest BCUT2D eigenvalue weighted by Gasteiger charge is -2.19. The first-order chi connectivity index (χ1) is 11.7. The number of rotatable bonds is 4. The summed E-state index contributed by atoms with van der Waals surface area (Å²) in [6, 6.07) is 20.6. The van der Waals surface area contributed by atoms with Gasteiger partial charge in [-0.3, -0.25) is 0 Å². The molecule has 0 atom stereocenters. The van der Waals surface area contributed by atoms with Crippen LogP contribution in [0.3, 0.4) is 0 Å². The van der Waals surface area contributed by atoms with E-state index < -0.39 is 0 Å². The van der Waals surface area contributed by atoms with Gasteiger partial charge in [-0.15, -0.1) is 0 Å². The summed E-state index contributed by atoms with van der Waals surface area (Å²) in [7, 11) is 0. The van der Waals surface area contributed by atoms with Gasteiger partial charge in [0.05, 0.1) is 12.3 Å². The van der Waals surface area contributed by atoms with Gasteiger partial charge in [-0.1, -0.05) is 50.2 Å². The van der Waals surface area contributed by atoms with Crippen molar-refractivity contribution >= 4 is 28.0 Å². The zero-order valence-corrected chi connectivity index (χ0v) is 13.9. The van der Waals surface area contributed by atoms with Crippen LogP contribution >= 0.6 is 0 Å². The number of amidine groups is 1. The molecule has 0 saturated carbocycles. The van der Waals surface area contributed by atoms with Crippen LogP contribution in [0.25, 0.3) is 10.8 Å². The van der Waals surface area contributed by atoms with Crippen LogP contribution in [0.4, 0.5) is 11.4 Å². The summed E-state index contributed by atoms with van der Waals surface area (Å²) in [6.45, 7) is 5.01. The lowest BCUT2D eigenvalue weighted by molar-refractivity contribution is 0.271. The Bertz CT molecular complexity index is 923. The second-order valence-electron chi connectivity index (χ2n) is 6.50. The molecule has 0 fully saturated rings. The molecule has 0 spiro atoms. The highest BCUT2D eigenvalue weighted by Gasteiger charge is 2.15. The topological polar surface area (TPSA) is 33.6 Å². The number of benzene rings is 3. The van der Waals surface area contributed by atoms with E-state index in [1.807, 2.05) is 18.2 Å². The third-order valence-corrected chi connectivity index (χ3v) is 4.06. The zero-order valence-electron chi connectivity index (χ0n) is 13.9. The number of nitrogens with zero attached hydrogens (tertiary/aromatic N) is 1. The van der Waals surface area contributed by atoms with Crippen molar-refractivity contribution in [3.63, 3.8) is 0 Å². The monoisotopic (exact) mass is 316 g/mol. The van der Waals surface area contributed by atoms with Gasteiger partial charge in [0.25, 0.3) is 0 Å². The molecular formula is C21H20N2O. The normalized spacial score (nSPS) is 12.9. The van der Waals surface area contributed by atoms with Crippen LogP contribution in [-0.2, 0) is 0 Å². The molecule has 0 unspecified atom stereocenters. The van der Waals surface area contributed by atoms with Crippen LogP contribution in [0.5, 0.6) is 5.75 Å². The van der Waals surface area contributed by atoms with E-state index in [0.29, 0.717) is 12.5 Å². The minimum absolute atomic E-state index is 0.503. The molecule has 3 heteroatoms. The number of nitrogens with one attached hydrogen (secondary N) is 1. The summed E-state index contributed by atoms with van der Waals surface area (Å²) in [4.78, 5) is 4.82. The summed E-state index contributed by atoms with van der Waals surface area (Å²) in [5, 5.41) is 5.84. The highest BCUT2D eigenvalue weighted by molar-refractivity contribution is 6.19. The highest BCUT2D eigenvalue weighted by atomic mass is 16.5. The number of aliphatic imine (C=N–C) groups is 1. The van der Waals surface area contributed by atoms with E-state index in [4.69, 9.17) is 9.73 Å². The Kier molecular flexibility index (Phi) is 3.69. The van der Waals surface area contributed by atoms with E-state index in [2.05, 4.69) is 61.6 Å². The second kappa shape index (κ2) is 6.00. The molecule has 0 aliphatic carbocycles. The third-order valence-electron chi connectivity index (χ3n) is 4.06. The van der Waals surface area contributed by atoms with Gasteiger partial charge < -0.3 is 10.1 Å². The van der Waals surface area contributed by atoms with E-state index in [0.717, 1.165) is 28.5 Å². The molecule has 0 bridgehead atoms. The van der Waals surface area contributed by atoms with Crippen molar-refractivity contribution in [1.29, 1.82) is 0 Å². The first-order valence-electron chi connectivity index (χ1n) is 8.31. The van der Waals surface area contributed by atoms with Crippen molar-refractivity contribution in [2.75, 3.05) is 11.9 Å². The molecule has 0 amide bonds. The predicted molar refractivity (Wildman–Crippen MR) is 101 cm³/mol. The Hall–Kier alpha value is -2.81. The van der Waals surface area contributed by atoms with Crippen molar-refractivity contribution in [2.45, 2.75) is 13.8 Å². The molecule has 1 heterocycles. The number of anilines is 1. The molecule has 4 rings (SSSR count). The maximum absolute atomic E-state index is 5.84. The average Bonchev–Trinajstić information content (AvgIpc) is 2.61. The van der Waals surface area contributed by atoms with Crippen molar-refractivity contribution in [2.24, 2.45) is 10.9 Å². The maximum Gasteiger partial charge on any atom is 0.138 e. The van der Waals surface area contributed by atoms with Gasteiger partial charge >= 0.3 is 0 Å². The van der Waals surface area contributed by atoms with Crippen LogP contribution in [0, 0.1) is 5.92 Å². The Balaban J connectivity index is 1.72. The molecule has 1 aliphatic rings. The fraction of sp³-hybridized carbons (Fsp3) is 0.190. The fourth-order valence-corrected chi connectivity index (χ4v) is 2.93. The van der Waals surface area contributed by atoms with Crippen molar-refractivity contribution in [1.82, 2.24) is 0 Å². The number of ether oxygens (including phenoxy) is 1. The third kappa shape index (κ3) is 2.73. The fourth-order valence-electron chi connectivity index (χ4n) is 2.93. The van der Waals surface area contributed by atoms with E-state index in [1.54, 1.807) is 0 Å². The van der Waals surface area contributed by atoms with Crippen molar-refractivity contribution in [3.8, 4) is 5.75 Å². The minimum atomic E-state index is 0.503. The van der Waals surface area contributed by atoms with Gasteiger partial charge in [-0.05, 0) is 35.6 Å². The van der Waals surface area contributed by atoms with Crippen LogP contribution < -0.4 is 10.1 Å². The number of hydrogen-bond acceptors (Lipinski definition) is 3. The summed E-state index contributed by atoms with van der Waals surface area (Å²) in [6.07, 6.45) is 0. The molecule has 3 aromatic carbocycles. The summed E-state index contributed by atoms with van der Waals surface area (Å²) >= 11 is 0. The quantitative estimate of drug-likeness (QED) is 0.701. The van der Waals surface area contributed by atoms with Crippen LogP contribution in [0.15, 0.2) is 65.7 Å². The SMILES string of the molecule is CC(C)COc1cccc(C2=Nc3cccc4cccc(c34)N2)c1. The molecule has 0 aromatic heterocycles. The highest BCUT2D eigenvalue weighted by Crippen LogP contribution is 2.36. The molecular weight excluding hydrogens is 296 g/mol. The molecule has 120 valence electrons. The minimum Gasteiger partial charge on any atom is -0.493 e. The maximum atomic E-state index is 5.84. The molecule has 24 heavy (non-hydrogen) atoms. The van der Waals surface area contributed by atoms with Gasteiger partial charge in [0.15, 0.2) is 0 Å². The first kappa shape index (κ1) is 14.8. The summed E-state index contributed by atoms with van der Waals surface area (Å²) in [5.74, 6) is 2.24. The Morgan fingerprint density at radius 1 is 1.00 bits per heavy atom. The van der Waals surface area contributed by atoms with E-state index in [1.165, 1.54) is 10.8 Å². The lowest BCUT2D eigenvalue weighted by Crippen LogP contribution is -2.16. The molecule has 0 radical (unpaired) electrons. The zero-order chi connectivity index (χ0) is 16.5. The molecule has 3 nitrogen and oxygen atoms in total. The first-order valence-corrected chi connectivity index (χ1v) is 8.31. The van der Waals surface area contributed by atoms with Gasteiger partial charge in [0.1, 0.15) is 11.6 Å². The van der Waals surface area contributed by atoms with Crippen molar-refractivity contribution in [3.05, 3.63) is 66.2 Å². The largest absolute Gasteiger partial charge is 0.493 e. The lowest BCUT2D eigenvalue weighted by atomic mass is 10.0. The smallest absolute Gasteiger partial charge is 0.138 e. The number of hydrogen-bond donors (Lipinski definition) is 1. The van der Waals surface area contributed by atoms with Crippen LogP contribution in [0.1, 0.15) is 19.4 Å². The van der Waals surface area contributed by atoms with Crippen LogP contribution in [0.2, 0.25) is 0 Å². The predicted octanol–water partition coefficient (Wildman–Crippen LogP) is 5.38. The summed E-state index contributed by atoms with van der Waals surface area (Å²) in [5.41, 5.74) is 3.13. The van der Waals surface area contributed by atoms with Crippen LogP contribution in [-0.4, -0.2) is 12.4 Å². The Morgan fingerprint density at radius 3 is 2.62 bits per heavy atom. The molecule has 3 aromatic rings. The average molecular weight is 316 g/mol. The van der Waals surface area contributed by atoms with E-state index in [-0.39, 0.29) is 0 Å². The van der Waals surface area contributed by atoms with E-state index in [9.17, 15) is 0 Å². The summed E-state index contributed by atoms with van der Waals surface area (Å²) < 4.78 is 5.84. The molecule has 0 saturated heterocycles. The van der Waals surface area contributed by atoms with Gasteiger partial charge in [0.2, 0.25) is 0 Å². The van der Waals surface area contributed by atoms with Crippen molar-refractivity contribution < 1.29 is 4.74 Å². The van der Waals surface area contributed by atoms with E-state index >= 15 is 0 Å². The Labute approximate surface area is 142 Å².